The van der Waals surface area contributed by atoms with Gasteiger partial charge < -0.3 is 10.6 Å². The van der Waals surface area contributed by atoms with E-state index in [0.717, 1.165) is 36.2 Å². The third-order valence-corrected chi connectivity index (χ3v) is 4.61. The van der Waals surface area contributed by atoms with Crippen LogP contribution >= 0.6 is 0 Å². The molecule has 0 bridgehead atoms. The fourth-order valence-electron chi connectivity index (χ4n) is 3.13. The van der Waals surface area contributed by atoms with Crippen molar-refractivity contribution in [2.24, 2.45) is 5.41 Å². The highest BCUT2D eigenvalue weighted by molar-refractivity contribution is 5.96. The van der Waals surface area contributed by atoms with Crippen LogP contribution in [0.5, 0.6) is 0 Å². The second kappa shape index (κ2) is 6.50. The summed E-state index contributed by atoms with van der Waals surface area (Å²) in [6.07, 6.45) is 4.58. The zero-order chi connectivity index (χ0) is 15.5. The van der Waals surface area contributed by atoms with E-state index in [-0.39, 0.29) is 11.3 Å². The molecule has 3 heteroatoms. The Kier molecular flexibility index (Phi) is 4.92. The Bertz CT molecular complexity index is 508. The van der Waals surface area contributed by atoms with E-state index in [0.29, 0.717) is 6.04 Å². The van der Waals surface area contributed by atoms with E-state index in [1.807, 2.05) is 19.1 Å². The molecule has 1 amide bonds. The van der Waals surface area contributed by atoms with Gasteiger partial charge >= 0.3 is 0 Å². The molecule has 0 aromatic heterocycles. The third-order valence-electron chi connectivity index (χ3n) is 4.61. The Morgan fingerprint density at radius 1 is 1.38 bits per heavy atom. The normalized spacial score (nSPS) is 20.3. The van der Waals surface area contributed by atoms with E-state index in [9.17, 15) is 4.79 Å². The number of carbonyl (C=O) groups excluding carboxylic acids is 1. The molecule has 0 heterocycles. The van der Waals surface area contributed by atoms with Gasteiger partial charge in [0.15, 0.2) is 0 Å². The SMILES string of the molecule is CCCNc1ccc(C(=O)NC2CCCC2(C)C)c(C)c1. The number of hydrogen-bond acceptors (Lipinski definition) is 2. The summed E-state index contributed by atoms with van der Waals surface area (Å²) < 4.78 is 0. The standard InChI is InChI=1S/C18H28N2O/c1-5-11-19-14-8-9-15(13(2)12-14)17(21)20-16-7-6-10-18(16,3)4/h8-9,12,16,19H,5-7,10-11H2,1-4H3,(H,20,21). The van der Waals surface area contributed by atoms with Gasteiger partial charge in [-0.1, -0.05) is 27.2 Å². The van der Waals surface area contributed by atoms with Crippen LogP contribution in [0.2, 0.25) is 0 Å². The quantitative estimate of drug-likeness (QED) is 0.855. The maximum atomic E-state index is 12.5. The van der Waals surface area contributed by atoms with Crippen LogP contribution in [0.15, 0.2) is 18.2 Å². The van der Waals surface area contributed by atoms with Crippen molar-refractivity contribution in [1.82, 2.24) is 5.32 Å². The number of nitrogens with one attached hydrogen (secondary N) is 2. The minimum Gasteiger partial charge on any atom is -0.385 e. The Morgan fingerprint density at radius 3 is 2.71 bits per heavy atom. The smallest absolute Gasteiger partial charge is 0.251 e. The second-order valence-corrected chi connectivity index (χ2v) is 6.86. The molecule has 1 aliphatic rings. The first-order chi connectivity index (χ1) is 9.94. The number of benzene rings is 1. The van der Waals surface area contributed by atoms with Crippen molar-refractivity contribution in [3.05, 3.63) is 29.3 Å². The van der Waals surface area contributed by atoms with Gasteiger partial charge in [-0.2, -0.15) is 0 Å². The van der Waals surface area contributed by atoms with Crippen molar-refractivity contribution < 1.29 is 4.79 Å². The molecular formula is C18H28N2O. The summed E-state index contributed by atoms with van der Waals surface area (Å²) in [6.45, 7) is 9.60. The molecule has 1 atom stereocenters. The molecule has 1 aliphatic carbocycles. The van der Waals surface area contributed by atoms with Crippen LogP contribution in [-0.4, -0.2) is 18.5 Å². The molecule has 21 heavy (non-hydrogen) atoms. The van der Waals surface area contributed by atoms with Crippen LogP contribution in [0.1, 0.15) is 62.4 Å². The minimum absolute atomic E-state index is 0.0644. The van der Waals surface area contributed by atoms with E-state index in [2.05, 4.69) is 37.5 Å². The van der Waals surface area contributed by atoms with Crippen LogP contribution in [0.3, 0.4) is 0 Å². The molecule has 1 saturated carbocycles. The molecule has 1 fully saturated rings. The van der Waals surface area contributed by atoms with Crippen molar-refractivity contribution in [3.63, 3.8) is 0 Å². The lowest BCUT2D eigenvalue weighted by Gasteiger charge is -2.28. The molecule has 0 spiro atoms. The number of hydrogen-bond donors (Lipinski definition) is 2. The van der Waals surface area contributed by atoms with Crippen LogP contribution in [0.4, 0.5) is 5.69 Å². The van der Waals surface area contributed by atoms with Crippen molar-refractivity contribution in [2.45, 2.75) is 59.4 Å². The van der Waals surface area contributed by atoms with Gasteiger partial charge in [0.2, 0.25) is 0 Å². The van der Waals surface area contributed by atoms with E-state index < -0.39 is 0 Å². The van der Waals surface area contributed by atoms with E-state index in [4.69, 9.17) is 0 Å². The lowest BCUT2D eigenvalue weighted by Crippen LogP contribution is -2.41. The van der Waals surface area contributed by atoms with Gasteiger partial charge in [0.1, 0.15) is 0 Å². The first-order valence-corrected chi connectivity index (χ1v) is 8.09. The van der Waals surface area contributed by atoms with Gasteiger partial charge in [-0.15, -0.1) is 0 Å². The first-order valence-electron chi connectivity index (χ1n) is 8.09. The van der Waals surface area contributed by atoms with E-state index in [1.165, 1.54) is 12.8 Å². The number of aryl methyl sites for hydroxylation is 1. The highest BCUT2D eigenvalue weighted by Crippen LogP contribution is 2.37. The summed E-state index contributed by atoms with van der Waals surface area (Å²) in [6, 6.07) is 6.29. The first kappa shape index (κ1) is 15.9. The summed E-state index contributed by atoms with van der Waals surface area (Å²) >= 11 is 0. The highest BCUT2D eigenvalue weighted by Gasteiger charge is 2.35. The van der Waals surface area contributed by atoms with Crippen LogP contribution in [-0.2, 0) is 0 Å². The second-order valence-electron chi connectivity index (χ2n) is 6.86. The fourth-order valence-corrected chi connectivity index (χ4v) is 3.13. The van der Waals surface area contributed by atoms with Crippen molar-refractivity contribution in [3.8, 4) is 0 Å². The monoisotopic (exact) mass is 288 g/mol. The Balaban J connectivity index is 2.05. The topological polar surface area (TPSA) is 41.1 Å². The third kappa shape index (κ3) is 3.78. The minimum atomic E-state index is 0.0644. The molecule has 0 aliphatic heterocycles. The van der Waals surface area contributed by atoms with E-state index in [1.54, 1.807) is 0 Å². The predicted octanol–water partition coefficient (Wildman–Crippen LogP) is 4.13. The van der Waals surface area contributed by atoms with Crippen molar-refractivity contribution in [1.29, 1.82) is 0 Å². The van der Waals surface area contributed by atoms with Crippen molar-refractivity contribution in [2.75, 3.05) is 11.9 Å². The van der Waals surface area contributed by atoms with Gasteiger partial charge in [-0.05, 0) is 55.4 Å². The molecule has 0 saturated heterocycles. The maximum absolute atomic E-state index is 12.5. The van der Waals surface area contributed by atoms with Gasteiger partial charge in [0.25, 0.3) is 5.91 Å². The summed E-state index contributed by atoms with van der Waals surface area (Å²) in [5, 5.41) is 6.59. The Labute approximate surface area is 128 Å². The lowest BCUT2D eigenvalue weighted by atomic mass is 9.87. The van der Waals surface area contributed by atoms with Crippen LogP contribution in [0.25, 0.3) is 0 Å². The summed E-state index contributed by atoms with van der Waals surface area (Å²) in [4.78, 5) is 12.5. The number of anilines is 1. The molecule has 116 valence electrons. The fraction of sp³-hybridized carbons (Fsp3) is 0.611. The zero-order valence-electron chi connectivity index (χ0n) is 13.8. The predicted molar refractivity (Wildman–Crippen MR) is 88.8 cm³/mol. The molecule has 1 aromatic carbocycles. The highest BCUT2D eigenvalue weighted by atomic mass is 16.1. The maximum Gasteiger partial charge on any atom is 0.251 e. The van der Waals surface area contributed by atoms with Gasteiger partial charge in [0.05, 0.1) is 0 Å². The lowest BCUT2D eigenvalue weighted by molar-refractivity contribution is 0.0909. The average molecular weight is 288 g/mol. The molecule has 0 radical (unpaired) electrons. The van der Waals surface area contributed by atoms with Gasteiger partial charge in [-0.3, -0.25) is 4.79 Å². The molecule has 1 aromatic rings. The number of carbonyl (C=O) groups is 1. The summed E-state index contributed by atoms with van der Waals surface area (Å²) in [5.41, 5.74) is 3.13. The molecule has 2 rings (SSSR count). The van der Waals surface area contributed by atoms with Gasteiger partial charge in [-0.25, -0.2) is 0 Å². The summed E-state index contributed by atoms with van der Waals surface area (Å²) in [5.74, 6) is 0.0644. The van der Waals surface area contributed by atoms with Gasteiger partial charge in [0, 0.05) is 23.8 Å². The average Bonchev–Trinajstić information content (AvgIpc) is 2.75. The van der Waals surface area contributed by atoms with Crippen LogP contribution in [0, 0.1) is 12.3 Å². The number of amides is 1. The van der Waals surface area contributed by atoms with Crippen molar-refractivity contribution >= 4 is 11.6 Å². The zero-order valence-corrected chi connectivity index (χ0v) is 13.8. The van der Waals surface area contributed by atoms with E-state index >= 15 is 0 Å². The van der Waals surface area contributed by atoms with Crippen LogP contribution < -0.4 is 10.6 Å². The molecule has 2 N–H and O–H groups in total. The molecule has 3 nitrogen and oxygen atoms in total. The number of rotatable bonds is 5. The Hall–Kier alpha value is -1.51. The summed E-state index contributed by atoms with van der Waals surface area (Å²) in [7, 11) is 0. The molecular weight excluding hydrogens is 260 g/mol. The molecule has 1 unspecified atom stereocenters. The Morgan fingerprint density at radius 2 is 2.14 bits per heavy atom. The largest absolute Gasteiger partial charge is 0.385 e.